The van der Waals surface area contributed by atoms with Crippen molar-refractivity contribution in [3.63, 3.8) is 0 Å². The zero-order valence-corrected chi connectivity index (χ0v) is 4.03. The van der Waals surface area contributed by atoms with Crippen LogP contribution in [0.4, 0.5) is 0 Å². The fraction of sp³-hybridized carbons (Fsp3) is 0. The van der Waals surface area contributed by atoms with E-state index in [1.165, 1.54) is 18.3 Å². The summed E-state index contributed by atoms with van der Waals surface area (Å²) in [6, 6.07) is 2.80. The van der Waals surface area contributed by atoms with Gasteiger partial charge in [0.2, 0.25) is 0 Å². The molecule has 0 unspecified atom stereocenters. The van der Waals surface area contributed by atoms with Gasteiger partial charge in [-0.15, -0.1) is 0 Å². The number of aromatic hydroxyl groups is 1. The third kappa shape index (κ3) is 0.703. The van der Waals surface area contributed by atoms with Crippen molar-refractivity contribution in [3.05, 3.63) is 18.3 Å². The molecule has 0 fully saturated rings. The number of pyridine rings is 1. The minimum atomic E-state index is -0.576. The Bertz CT molecular complexity index is 167. The Morgan fingerprint density at radius 1 is 1.62 bits per heavy atom. The third-order valence-corrected chi connectivity index (χ3v) is 0.751. The second-order valence-electron chi connectivity index (χ2n) is 1.33. The molecule has 0 saturated heterocycles. The average molecular weight is 110 g/mol. The first-order valence-corrected chi connectivity index (χ1v) is 2.11. The Morgan fingerprint density at radius 3 is 2.75 bits per heavy atom. The van der Waals surface area contributed by atoms with Crippen molar-refractivity contribution >= 4 is 0 Å². The van der Waals surface area contributed by atoms with E-state index in [2.05, 4.69) is 4.98 Å². The monoisotopic (exact) mass is 110 g/mol. The summed E-state index contributed by atoms with van der Waals surface area (Å²) in [6.45, 7) is 0. The van der Waals surface area contributed by atoms with Crippen LogP contribution in [0.2, 0.25) is 0 Å². The maximum atomic E-state index is 10.3. The molecule has 0 aliphatic rings. The lowest BCUT2D eigenvalue weighted by Gasteiger charge is -1.86. The smallest absolute Gasteiger partial charge is 0.311 e. The molecule has 0 amide bonds. The lowest BCUT2D eigenvalue weighted by atomic mass is 10.4. The Morgan fingerprint density at radius 2 is 2.38 bits per heavy atom. The van der Waals surface area contributed by atoms with E-state index < -0.39 is 5.88 Å². The van der Waals surface area contributed by atoms with Crippen molar-refractivity contribution < 1.29 is 10.2 Å². The van der Waals surface area contributed by atoms with E-state index in [-0.39, 0.29) is 5.75 Å². The lowest BCUT2D eigenvalue weighted by molar-refractivity contribution is 0.308. The van der Waals surface area contributed by atoms with Crippen molar-refractivity contribution in [1.82, 2.24) is 4.98 Å². The summed E-state index contributed by atoms with van der Waals surface area (Å²) in [4.78, 5) is 3.27. The summed E-state index contributed by atoms with van der Waals surface area (Å²) in [5, 5.41) is 18.8. The van der Waals surface area contributed by atoms with Gasteiger partial charge in [-0.05, 0) is 12.1 Å². The Hall–Kier alpha value is -1.25. The van der Waals surface area contributed by atoms with Crippen molar-refractivity contribution in [3.8, 4) is 11.6 Å². The predicted octanol–water partition coefficient (Wildman–Crippen LogP) is 0.931. The Kier molecular flexibility index (Phi) is 1.04. The molecule has 1 aromatic rings. The van der Waals surface area contributed by atoms with E-state index >= 15 is 0 Å². The van der Waals surface area contributed by atoms with Gasteiger partial charge < -0.3 is 5.11 Å². The summed E-state index contributed by atoms with van der Waals surface area (Å²) in [7, 11) is 0. The maximum absolute atomic E-state index is 10.3. The van der Waals surface area contributed by atoms with Crippen LogP contribution in [0.15, 0.2) is 18.3 Å². The second-order valence-corrected chi connectivity index (χ2v) is 1.33. The molecular formula is C5H4NO2. The Balaban J connectivity index is 3.13. The van der Waals surface area contributed by atoms with Crippen LogP contribution in [0, 0.1) is 0 Å². The molecule has 0 aromatic carbocycles. The van der Waals surface area contributed by atoms with Crippen molar-refractivity contribution in [2.45, 2.75) is 0 Å². The van der Waals surface area contributed by atoms with Crippen LogP contribution < -0.4 is 0 Å². The van der Waals surface area contributed by atoms with Gasteiger partial charge in [-0.3, -0.25) is 5.11 Å². The molecule has 0 aliphatic heterocycles. The molecule has 3 heteroatoms. The van der Waals surface area contributed by atoms with E-state index in [4.69, 9.17) is 5.11 Å². The number of aromatic nitrogens is 1. The van der Waals surface area contributed by atoms with Crippen molar-refractivity contribution in [2.24, 2.45) is 0 Å². The molecule has 0 bridgehead atoms. The normalized spacial score (nSPS) is 9.00. The molecule has 0 spiro atoms. The highest BCUT2D eigenvalue weighted by Gasteiger charge is 1.95. The first-order chi connectivity index (χ1) is 3.80. The van der Waals surface area contributed by atoms with Gasteiger partial charge in [-0.2, -0.15) is 0 Å². The number of hydrogen-bond acceptors (Lipinski definition) is 2. The predicted molar refractivity (Wildman–Crippen MR) is 26.0 cm³/mol. The van der Waals surface area contributed by atoms with Gasteiger partial charge in [0.05, 0.1) is 0 Å². The fourth-order valence-electron chi connectivity index (χ4n) is 0.382. The van der Waals surface area contributed by atoms with Crippen molar-refractivity contribution in [1.29, 1.82) is 0 Å². The molecule has 8 heavy (non-hydrogen) atoms. The number of rotatable bonds is 0. The van der Waals surface area contributed by atoms with Crippen LogP contribution in [0.3, 0.4) is 0 Å². The maximum Gasteiger partial charge on any atom is 0.311 e. The summed E-state index contributed by atoms with van der Waals surface area (Å²) >= 11 is 0. The van der Waals surface area contributed by atoms with Crippen LogP contribution in [-0.2, 0) is 5.11 Å². The molecule has 0 aliphatic carbocycles. The SMILES string of the molecule is [O]c1ncccc1O. The molecule has 3 nitrogen and oxygen atoms in total. The van der Waals surface area contributed by atoms with E-state index in [1.807, 2.05) is 0 Å². The molecule has 0 saturated carbocycles. The van der Waals surface area contributed by atoms with Gasteiger partial charge >= 0.3 is 5.88 Å². The van der Waals surface area contributed by atoms with Crippen molar-refractivity contribution in [2.75, 3.05) is 0 Å². The highest BCUT2D eigenvalue weighted by molar-refractivity contribution is 5.28. The van der Waals surface area contributed by atoms with E-state index in [1.54, 1.807) is 0 Å². The quantitative estimate of drug-likeness (QED) is 0.540. The van der Waals surface area contributed by atoms with Gasteiger partial charge in [-0.1, -0.05) is 0 Å². The molecule has 1 heterocycles. The molecule has 0 atom stereocenters. The molecule has 1 aromatic heterocycles. The number of nitrogens with zero attached hydrogens (tertiary/aromatic N) is 1. The van der Waals surface area contributed by atoms with Crippen LogP contribution in [0.1, 0.15) is 0 Å². The topological polar surface area (TPSA) is 53.0 Å². The van der Waals surface area contributed by atoms with Crippen LogP contribution >= 0.6 is 0 Å². The third-order valence-electron chi connectivity index (χ3n) is 0.751. The molecule has 41 valence electrons. The van der Waals surface area contributed by atoms with Gasteiger partial charge in [0.1, 0.15) is 0 Å². The minimum Gasteiger partial charge on any atom is -0.503 e. The molecule has 1 radical (unpaired) electrons. The van der Waals surface area contributed by atoms with Crippen LogP contribution in [0.5, 0.6) is 11.6 Å². The highest BCUT2D eigenvalue weighted by Crippen LogP contribution is 2.18. The average Bonchev–Trinajstić information content (AvgIpc) is 1.77. The van der Waals surface area contributed by atoms with Gasteiger partial charge in [0, 0.05) is 6.20 Å². The van der Waals surface area contributed by atoms with E-state index in [0.717, 1.165) is 0 Å². The van der Waals surface area contributed by atoms with Crippen LogP contribution in [0.25, 0.3) is 0 Å². The first-order valence-electron chi connectivity index (χ1n) is 2.11. The highest BCUT2D eigenvalue weighted by atomic mass is 16.3. The van der Waals surface area contributed by atoms with Gasteiger partial charge in [0.25, 0.3) is 0 Å². The van der Waals surface area contributed by atoms with E-state index in [9.17, 15) is 5.11 Å². The van der Waals surface area contributed by atoms with Crippen LogP contribution in [-0.4, -0.2) is 10.1 Å². The lowest BCUT2D eigenvalue weighted by Crippen LogP contribution is -1.68. The zero-order chi connectivity index (χ0) is 5.98. The molecule has 1 N–H and O–H groups in total. The second kappa shape index (κ2) is 1.69. The summed E-state index contributed by atoms with van der Waals surface area (Å²) in [5.74, 6) is -0.875. The van der Waals surface area contributed by atoms with E-state index in [0.29, 0.717) is 0 Å². The number of hydrogen-bond donors (Lipinski definition) is 1. The summed E-state index contributed by atoms with van der Waals surface area (Å²) in [5.41, 5.74) is 0. The Labute approximate surface area is 46.2 Å². The zero-order valence-electron chi connectivity index (χ0n) is 4.03. The largest absolute Gasteiger partial charge is 0.503 e. The molecular weight excluding hydrogens is 106 g/mol. The van der Waals surface area contributed by atoms with Gasteiger partial charge in [0.15, 0.2) is 5.75 Å². The minimum absolute atomic E-state index is 0.299. The van der Waals surface area contributed by atoms with Gasteiger partial charge in [-0.25, -0.2) is 4.98 Å². The summed E-state index contributed by atoms with van der Waals surface area (Å²) in [6.07, 6.45) is 1.34. The summed E-state index contributed by atoms with van der Waals surface area (Å²) < 4.78 is 0. The standard InChI is InChI=1S/C5H4NO2/c7-4-2-1-3-6-5(4)8/h1-3,7H. The molecule has 1 rings (SSSR count). The first kappa shape index (κ1) is 4.90. The fourth-order valence-corrected chi connectivity index (χ4v) is 0.382.